The van der Waals surface area contributed by atoms with Gasteiger partial charge in [0.25, 0.3) is 5.91 Å². The lowest BCUT2D eigenvalue weighted by Crippen LogP contribution is -2.16. The van der Waals surface area contributed by atoms with E-state index in [0.717, 1.165) is 22.3 Å². The minimum absolute atomic E-state index is 0.260. The molecule has 0 saturated heterocycles. The van der Waals surface area contributed by atoms with Crippen LogP contribution in [-0.4, -0.2) is 27.9 Å². The molecule has 4 aromatic rings. The van der Waals surface area contributed by atoms with E-state index in [-0.39, 0.29) is 11.7 Å². The van der Waals surface area contributed by atoms with E-state index in [1.807, 2.05) is 36.5 Å². The van der Waals surface area contributed by atoms with Crippen LogP contribution in [-0.2, 0) is 6.54 Å². The first-order valence-corrected chi connectivity index (χ1v) is 8.19. The average Bonchev–Trinajstić information content (AvgIpc) is 3.35. The Morgan fingerprint density at radius 2 is 2.15 bits per heavy atom. The molecule has 4 rings (SSSR count). The van der Waals surface area contributed by atoms with Gasteiger partial charge in [-0.05, 0) is 36.4 Å². The Morgan fingerprint density at radius 3 is 2.96 bits per heavy atom. The molecule has 130 valence electrons. The largest absolute Gasteiger partial charge is 0.451 e. The van der Waals surface area contributed by atoms with Gasteiger partial charge in [0.2, 0.25) is 0 Å². The number of carbonyl (C=O) groups excluding carboxylic acids is 1. The fraction of sp³-hybridized carbons (Fsp3) is 0.105. The van der Waals surface area contributed by atoms with Gasteiger partial charge in [-0.2, -0.15) is 0 Å². The van der Waals surface area contributed by atoms with Crippen LogP contribution in [0.1, 0.15) is 16.2 Å². The summed E-state index contributed by atoms with van der Waals surface area (Å²) in [5.41, 5.74) is 2.51. The minimum Gasteiger partial charge on any atom is -0.451 e. The molecule has 1 amide bonds. The van der Waals surface area contributed by atoms with Crippen molar-refractivity contribution in [2.75, 3.05) is 12.4 Å². The third kappa shape index (κ3) is 3.02. The van der Waals surface area contributed by atoms with Crippen molar-refractivity contribution in [2.45, 2.75) is 6.54 Å². The van der Waals surface area contributed by atoms with Gasteiger partial charge in [-0.1, -0.05) is 6.07 Å². The highest BCUT2D eigenvalue weighted by molar-refractivity contribution is 5.95. The Morgan fingerprint density at radius 1 is 1.23 bits per heavy atom. The van der Waals surface area contributed by atoms with E-state index in [9.17, 15) is 4.79 Å². The van der Waals surface area contributed by atoms with Crippen molar-refractivity contribution in [3.8, 4) is 11.3 Å². The van der Waals surface area contributed by atoms with E-state index in [4.69, 9.17) is 4.42 Å². The van der Waals surface area contributed by atoms with E-state index in [0.29, 0.717) is 18.1 Å². The maximum Gasteiger partial charge on any atom is 0.286 e. The Bertz CT molecular complexity index is 1050. The number of pyridine rings is 2. The maximum absolute atomic E-state index is 11.8. The van der Waals surface area contributed by atoms with Crippen molar-refractivity contribution in [2.24, 2.45) is 0 Å². The van der Waals surface area contributed by atoms with E-state index >= 15 is 0 Å². The molecule has 0 atom stereocenters. The lowest BCUT2D eigenvalue weighted by molar-refractivity contribution is 0.0936. The second-order valence-corrected chi connectivity index (χ2v) is 5.71. The summed E-state index contributed by atoms with van der Waals surface area (Å²) in [5, 5.41) is 6.76. The molecule has 26 heavy (non-hydrogen) atoms. The SMILES string of the molecule is CNC(=O)c1ccc(-c2cc(NCc3ccccn3)nc3[nH]ccc23)o1. The lowest BCUT2D eigenvalue weighted by Gasteiger charge is -2.08. The highest BCUT2D eigenvalue weighted by atomic mass is 16.3. The van der Waals surface area contributed by atoms with Crippen LogP contribution >= 0.6 is 0 Å². The van der Waals surface area contributed by atoms with E-state index in [1.54, 1.807) is 25.4 Å². The molecule has 7 nitrogen and oxygen atoms in total. The van der Waals surface area contributed by atoms with Gasteiger partial charge in [0.15, 0.2) is 5.76 Å². The van der Waals surface area contributed by atoms with Crippen molar-refractivity contribution in [1.82, 2.24) is 20.3 Å². The number of carbonyl (C=O) groups is 1. The second-order valence-electron chi connectivity index (χ2n) is 5.71. The smallest absolute Gasteiger partial charge is 0.286 e. The summed E-state index contributed by atoms with van der Waals surface area (Å²) in [6, 6.07) is 13.1. The number of nitrogens with zero attached hydrogens (tertiary/aromatic N) is 2. The molecule has 0 bridgehead atoms. The number of furan rings is 1. The van der Waals surface area contributed by atoms with Gasteiger partial charge in [-0.25, -0.2) is 4.98 Å². The summed E-state index contributed by atoms with van der Waals surface area (Å²) in [7, 11) is 1.57. The Hall–Kier alpha value is -3.61. The number of aromatic nitrogens is 3. The van der Waals surface area contributed by atoms with Crippen molar-refractivity contribution >= 4 is 22.8 Å². The Balaban J connectivity index is 1.68. The Kier molecular flexibility index (Phi) is 4.10. The van der Waals surface area contributed by atoms with Crippen molar-refractivity contribution in [1.29, 1.82) is 0 Å². The predicted molar refractivity (Wildman–Crippen MR) is 98.7 cm³/mol. The number of aromatic amines is 1. The van der Waals surface area contributed by atoms with E-state index in [2.05, 4.69) is 25.6 Å². The van der Waals surface area contributed by atoms with Gasteiger partial charge >= 0.3 is 0 Å². The molecule has 4 aromatic heterocycles. The molecular formula is C19H17N5O2. The van der Waals surface area contributed by atoms with Crippen molar-refractivity contribution in [3.05, 3.63) is 66.3 Å². The number of anilines is 1. The molecule has 0 aliphatic carbocycles. The van der Waals surface area contributed by atoms with Gasteiger partial charge < -0.3 is 20.0 Å². The van der Waals surface area contributed by atoms with Crippen LogP contribution in [0.25, 0.3) is 22.4 Å². The molecule has 0 aliphatic rings. The maximum atomic E-state index is 11.8. The highest BCUT2D eigenvalue weighted by Crippen LogP contribution is 2.31. The van der Waals surface area contributed by atoms with E-state index < -0.39 is 0 Å². The van der Waals surface area contributed by atoms with Crippen LogP contribution in [0.15, 0.2) is 59.3 Å². The summed E-state index contributed by atoms with van der Waals surface area (Å²) in [5.74, 6) is 1.31. The summed E-state index contributed by atoms with van der Waals surface area (Å²) < 4.78 is 5.72. The minimum atomic E-state index is -0.260. The topological polar surface area (TPSA) is 95.8 Å². The number of amides is 1. The third-order valence-electron chi connectivity index (χ3n) is 4.03. The third-order valence-corrected chi connectivity index (χ3v) is 4.03. The molecule has 0 saturated carbocycles. The number of nitrogens with one attached hydrogen (secondary N) is 3. The molecule has 0 aliphatic heterocycles. The molecule has 0 fully saturated rings. The molecule has 7 heteroatoms. The van der Waals surface area contributed by atoms with Crippen molar-refractivity contribution in [3.63, 3.8) is 0 Å². The quantitative estimate of drug-likeness (QED) is 0.515. The standard InChI is InChI=1S/C19H17N5O2/c1-20-19(25)16-6-5-15(26-16)14-10-17(24-18-13(14)7-9-22-18)23-11-12-4-2-3-8-21-12/h2-10H,11H2,1H3,(H,20,25)(H2,22,23,24). The van der Waals surface area contributed by atoms with Crippen LogP contribution in [0.3, 0.4) is 0 Å². The van der Waals surface area contributed by atoms with Gasteiger partial charge in [-0.3, -0.25) is 9.78 Å². The zero-order valence-corrected chi connectivity index (χ0v) is 14.1. The monoisotopic (exact) mass is 347 g/mol. The first kappa shape index (κ1) is 15.9. The lowest BCUT2D eigenvalue weighted by atomic mass is 10.1. The van der Waals surface area contributed by atoms with Crippen molar-refractivity contribution < 1.29 is 9.21 Å². The fourth-order valence-electron chi connectivity index (χ4n) is 2.74. The van der Waals surface area contributed by atoms with Crippen LogP contribution in [0, 0.1) is 0 Å². The van der Waals surface area contributed by atoms with Crippen LogP contribution in [0.4, 0.5) is 5.82 Å². The first-order valence-electron chi connectivity index (χ1n) is 8.19. The number of hydrogen-bond acceptors (Lipinski definition) is 5. The molecule has 0 aromatic carbocycles. The molecule has 0 radical (unpaired) electrons. The summed E-state index contributed by atoms with van der Waals surface area (Å²) in [6.07, 6.45) is 3.58. The van der Waals surface area contributed by atoms with Gasteiger partial charge in [0.1, 0.15) is 17.2 Å². The van der Waals surface area contributed by atoms with E-state index in [1.165, 1.54) is 0 Å². The molecular weight excluding hydrogens is 330 g/mol. The molecule has 3 N–H and O–H groups in total. The van der Waals surface area contributed by atoms with Crippen LogP contribution < -0.4 is 10.6 Å². The Labute approximate surface area is 149 Å². The summed E-state index contributed by atoms with van der Waals surface area (Å²) in [4.78, 5) is 23.8. The van der Waals surface area contributed by atoms with Gasteiger partial charge in [-0.15, -0.1) is 0 Å². The molecule has 4 heterocycles. The van der Waals surface area contributed by atoms with Crippen LogP contribution in [0.2, 0.25) is 0 Å². The van der Waals surface area contributed by atoms with Gasteiger partial charge in [0, 0.05) is 30.4 Å². The summed E-state index contributed by atoms with van der Waals surface area (Å²) >= 11 is 0. The zero-order chi connectivity index (χ0) is 17.9. The predicted octanol–water partition coefficient (Wildman–Crippen LogP) is 3.19. The number of hydrogen-bond donors (Lipinski definition) is 3. The molecule has 0 unspecified atom stereocenters. The summed E-state index contributed by atoms with van der Waals surface area (Å²) in [6.45, 7) is 0.557. The van der Waals surface area contributed by atoms with Gasteiger partial charge in [0.05, 0.1) is 12.2 Å². The highest BCUT2D eigenvalue weighted by Gasteiger charge is 2.15. The fourth-order valence-corrected chi connectivity index (χ4v) is 2.74. The van der Waals surface area contributed by atoms with Crippen LogP contribution in [0.5, 0.6) is 0 Å². The normalized spacial score (nSPS) is 10.8. The number of rotatable bonds is 5. The average molecular weight is 347 g/mol. The number of fused-ring (bicyclic) bond motifs is 1. The first-order chi connectivity index (χ1) is 12.7. The second kappa shape index (κ2) is 6.72. The number of H-pyrrole nitrogens is 1. The zero-order valence-electron chi connectivity index (χ0n) is 14.1. The molecule has 0 spiro atoms.